The molecule has 2 aromatic rings. The second kappa shape index (κ2) is 7.73. The van der Waals surface area contributed by atoms with E-state index in [2.05, 4.69) is 5.32 Å². The van der Waals surface area contributed by atoms with Crippen molar-refractivity contribution in [2.45, 2.75) is 44.9 Å². The molecule has 0 unspecified atom stereocenters. The average Bonchev–Trinajstić information content (AvgIpc) is 3.15. The van der Waals surface area contributed by atoms with E-state index < -0.39 is 5.41 Å². The van der Waals surface area contributed by atoms with Crippen molar-refractivity contribution in [1.29, 1.82) is 0 Å². The van der Waals surface area contributed by atoms with E-state index in [9.17, 15) is 9.59 Å². The lowest BCUT2D eigenvalue weighted by Crippen LogP contribution is -2.36. The molecule has 0 aliphatic heterocycles. The first kappa shape index (κ1) is 18.2. The molecule has 0 saturated heterocycles. The smallest absolute Gasteiger partial charge is 0.317 e. The van der Waals surface area contributed by atoms with Crippen molar-refractivity contribution < 1.29 is 14.3 Å². The molecule has 1 amide bonds. The maximum Gasteiger partial charge on any atom is 0.317 e. The predicted molar refractivity (Wildman–Crippen MR) is 102 cm³/mol. The number of para-hydroxylation sites is 1. The first-order valence-corrected chi connectivity index (χ1v) is 9.12. The van der Waals surface area contributed by atoms with Gasteiger partial charge in [-0.15, -0.1) is 0 Å². The van der Waals surface area contributed by atoms with Crippen molar-refractivity contribution in [3.63, 3.8) is 0 Å². The molecule has 0 spiro atoms. The van der Waals surface area contributed by atoms with Crippen LogP contribution in [0.2, 0.25) is 0 Å². The molecule has 136 valence electrons. The van der Waals surface area contributed by atoms with Crippen LogP contribution in [0.15, 0.2) is 48.5 Å². The van der Waals surface area contributed by atoms with E-state index >= 15 is 0 Å². The van der Waals surface area contributed by atoms with Crippen molar-refractivity contribution >= 4 is 17.6 Å². The molecule has 0 atom stereocenters. The summed E-state index contributed by atoms with van der Waals surface area (Å²) in [5.41, 5.74) is 3.13. The van der Waals surface area contributed by atoms with E-state index in [-0.39, 0.29) is 18.5 Å². The third-order valence-electron chi connectivity index (χ3n) is 5.25. The normalized spacial score (nSPS) is 15.5. The van der Waals surface area contributed by atoms with Crippen molar-refractivity contribution in [3.8, 4) is 0 Å². The summed E-state index contributed by atoms with van der Waals surface area (Å²) in [6.07, 6.45) is 3.54. The van der Waals surface area contributed by atoms with Crippen LogP contribution in [0.1, 0.15) is 42.4 Å². The van der Waals surface area contributed by atoms with Gasteiger partial charge in [-0.25, -0.2) is 0 Å². The highest BCUT2D eigenvalue weighted by atomic mass is 16.5. The van der Waals surface area contributed by atoms with E-state index in [1.54, 1.807) is 0 Å². The molecule has 3 rings (SSSR count). The molecule has 1 aliphatic rings. The summed E-state index contributed by atoms with van der Waals surface area (Å²) in [7, 11) is 0. The number of amides is 1. The van der Waals surface area contributed by atoms with Gasteiger partial charge in [0, 0.05) is 5.69 Å². The van der Waals surface area contributed by atoms with Gasteiger partial charge in [0.15, 0.2) is 6.61 Å². The van der Waals surface area contributed by atoms with Crippen molar-refractivity contribution in [2.24, 2.45) is 0 Å². The molecule has 0 radical (unpaired) electrons. The van der Waals surface area contributed by atoms with Gasteiger partial charge in [0.2, 0.25) is 0 Å². The van der Waals surface area contributed by atoms with Crippen LogP contribution >= 0.6 is 0 Å². The summed E-state index contributed by atoms with van der Waals surface area (Å²) in [4.78, 5) is 25.1. The Morgan fingerprint density at radius 3 is 2.19 bits per heavy atom. The number of benzene rings is 2. The Balaban J connectivity index is 1.67. The zero-order valence-corrected chi connectivity index (χ0v) is 15.4. The molecule has 0 aromatic heterocycles. The fraction of sp³-hybridized carbons (Fsp3) is 0.364. The molecule has 4 nitrogen and oxygen atoms in total. The van der Waals surface area contributed by atoms with Crippen molar-refractivity contribution in [1.82, 2.24) is 0 Å². The van der Waals surface area contributed by atoms with E-state index in [1.165, 1.54) is 0 Å². The first-order valence-electron chi connectivity index (χ1n) is 9.12. The lowest BCUT2D eigenvalue weighted by molar-refractivity contribution is -0.153. The Morgan fingerprint density at radius 1 is 0.962 bits per heavy atom. The number of ether oxygens (including phenoxy) is 1. The minimum absolute atomic E-state index is 0.263. The standard InChI is InChI=1S/C22H25NO3/c1-16-9-8-10-17(2)20(16)23-19(24)15-26-21(25)22(13-6-7-14-22)18-11-4-3-5-12-18/h3-5,8-12H,6-7,13-15H2,1-2H3,(H,23,24). The molecule has 1 N–H and O–H groups in total. The van der Waals surface area contributed by atoms with Crippen molar-refractivity contribution in [2.75, 3.05) is 11.9 Å². The lowest BCUT2D eigenvalue weighted by Gasteiger charge is -2.27. The second-order valence-corrected chi connectivity index (χ2v) is 7.05. The number of carbonyl (C=O) groups excluding carboxylic acids is 2. The van der Waals surface area contributed by atoms with E-state index in [1.807, 2.05) is 62.4 Å². The van der Waals surface area contributed by atoms with Crippen LogP contribution in [0.5, 0.6) is 0 Å². The Bertz CT molecular complexity index is 772. The van der Waals surface area contributed by atoms with Gasteiger partial charge in [0.25, 0.3) is 5.91 Å². The Labute approximate surface area is 154 Å². The molecule has 2 aromatic carbocycles. The fourth-order valence-corrected chi connectivity index (χ4v) is 3.80. The quantitative estimate of drug-likeness (QED) is 0.817. The maximum absolute atomic E-state index is 12.9. The third kappa shape index (κ3) is 3.64. The molecule has 4 heteroatoms. The Kier molecular flexibility index (Phi) is 5.40. The summed E-state index contributed by atoms with van der Waals surface area (Å²) >= 11 is 0. The molecule has 0 heterocycles. The van der Waals surface area contributed by atoms with Gasteiger partial charge < -0.3 is 10.1 Å². The maximum atomic E-state index is 12.9. The minimum Gasteiger partial charge on any atom is -0.455 e. The number of rotatable bonds is 5. The zero-order valence-electron chi connectivity index (χ0n) is 15.4. The van der Waals surface area contributed by atoms with Crippen LogP contribution < -0.4 is 5.32 Å². The summed E-state index contributed by atoms with van der Waals surface area (Å²) in [5.74, 6) is -0.602. The summed E-state index contributed by atoms with van der Waals surface area (Å²) in [5, 5.41) is 2.86. The second-order valence-electron chi connectivity index (χ2n) is 7.05. The van der Waals surface area contributed by atoms with Crippen molar-refractivity contribution in [3.05, 3.63) is 65.2 Å². The van der Waals surface area contributed by atoms with Gasteiger partial charge in [0.1, 0.15) is 0 Å². The van der Waals surface area contributed by atoms with E-state index in [0.29, 0.717) is 0 Å². The van der Waals surface area contributed by atoms with Gasteiger partial charge in [-0.2, -0.15) is 0 Å². The third-order valence-corrected chi connectivity index (χ3v) is 5.25. The van der Waals surface area contributed by atoms with Gasteiger partial charge >= 0.3 is 5.97 Å². The molecule has 1 fully saturated rings. The number of nitrogens with one attached hydrogen (secondary N) is 1. The number of carbonyl (C=O) groups is 2. The highest BCUT2D eigenvalue weighted by molar-refractivity contribution is 5.95. The minimum atomic E-state index is -0.611. The lowest BCUT2D eigenvalue weighted by atomic mass is 9.79. The largest absolute Gasteiger partial charge is 0.455 e. The molecule has 26 heavy (non-hydrogen) atoms. The Hall–Kier alpha value is -2.62. The van der Waals surface area contributed by atoms with Crippen LogP contribution in [-0.2, 0) is 19.7 Å². The number of hydrogen-bond acceptors (Lipinski definition) is 3. The topological polar surface area (TPSA) is 55.4 Å². The highest BCUT2D eigenvalue weighted by Crippen LogP contribution is 2.42. The molecular formula is C22H25NO3. The summed E-state index contributed by atoms with van der Waals surface area (Å²) in [6.45, 7) is 3.62. The Morgan fingerprint density at radius 2 is 1.58 bits per heavy atom. The van der Waals surface area contributed by atoms with Gasteiger partial charge in [-0.05, 0) is 43.4 Å². The fourth-order valence-electron chi connectivity index (χ4n) is 3.80. The molecule has 1 aliphatic carbocycles. The number of esters is 1. The highest BCUT2D eigenvalue weighted by Gasteiger charge is 2.44. The van der Waals surface area contributed by atoms with Crippen LogP contribution in [0.25, 0.3) is 0 Å². The average molecular weight is 351 g/mol. The zero-order chi connectivity index (χ0) is 18.6. The molecule has 0 bridgehead atoms. The van der Waals surface area contributed by atoms with Gasteiger partial charge in [-0.3, -0.25) is 9.59 Å². The van der Waals surface area contributed by atoms with E-state index in [0.717, 1.165) is 48.1 Å². The van der Waals surface area contributed by atoms with Gasteiger partial charge in [-0.1, -0.05) is 61.4 Å². The van der Waals surface area contributed by atoms with Crippen LogP contribution in [0, 0.1) is 13.8 Å². The predicted octanol–water partition coefficient (Wildman–Crippen LogP) is 4.30. The number of hydrogen-bond donors (Lipinski definition) is 1. The first-order chi connectivity index (χ1) is 12.5. The summed E-state index contributed by atoms with van der Waals surface area (Å²) in [6, 6.07) is 15.6. The monoisotopic (exact) mass is 351 g/mol. The SMILES string of the molecule is Cc1cccc(C)c1NC(=O)COC(=O)C1(c2ccccc2)CCCC1. The van der Waals surface area contributed by atoms with Crippen LogP contribution in [0.4, 0.5) is 5.69 Å². The number of aryl methyl sites for hydroxylation is 2. The molecule has 1 saturated carbocycles. The summed E-state index contributed by atoms with van der Waals surface area (Å²) < 4.78 is 5.45. The van der Waals surface area contributed by atoms with Crippen LogP contribution in [0.3, 0.4) is 0 Å². The van der Waals surface area contributed by atoms with Crippen LogP contribution in [-0.4, -0.2) is 18.5 Å². The molecular weight excluding hydrogens is 326 g/mol. The number of anilines is 1. The van der Waals surface area contributed by atoms with E-state index in [4.69, 9.17) is 4.74 Å². The van der Waals surface area contributed by atoms with Gasteiger partial charge in [0.05, 0.1) is 5.41 Å².